The predicted molar refractivity (Wildman–Crippen MR) is 217 cm³/mol. The fourth-order valence-corrected chi connectivity index (χ4v) is 13.4. The Labute approximate surface area is 328 Å². The normalized spacial score (nSPS) is 22.4. The van der Waals surface area contributed by atoms with Gasteiger partial charge in [-0.3, -0.25) is 14.3 Å². The molecule has 2 saturated heterocycles. The minimum atomic E-state index is -2.39. The van der Waals surface area contributed by atoms with Gasteiger partial charge in [-0.15, -0.1) is 5.10 Å². The molecule has 3 aliphatic heterocycles. The molecule has 1 unspecified atom stereocenters. The molecule has 0 aliphatic carbocycles. The van der Waals surface area contributed by atoms with E-state index in [2.05, 4.69) is 42.5 Å². The van der Waals surface area contributed by atoms with E-state index in [-0.39, 0.29) is 41.9 Å². The molecule has 5 aromatic rings. The summed E-state index contributed by atoms with van der Waals surface area (Å²) in [6, 6.07) is 32.0. The van der Waals surface area contributed by atoms with Gasteiger partial charge in [0.05, 0.1) is 58.8 Å². The smallest absolute Gasteiger partial charge is 0.264 e. The number of methoxy groups -OCH3 is 2. The summed E-state index contributed by atoms with van der Waals surface area (Å²) < 4.78 is 20.5. The Kier molecular flexibility index (Phi) is 10.1. The van der Waals surface area contributed by atoms with E-state index >= 15 is 4.79 Å². The number of hydrogen-bond acceptors (Lipinski definition) is 8. The molecule has 0 bridgehead atoms. The lowest BCUT2D eigenvalue weighted by atomic mass is 9.82. The first-order chi connectivity index (χ1) is 27.1. The second kappa shape index (κ2) is 15.0. The van der Waals surface area contributed by atoms with Gasteiger partial charge in [0.15, 0.2) is 5.60 Å². The lowest BCUT2D eigenvalue weighted by Gasteiger charge is -2.37. The lowest BCUT2D eigenvalue weighted by Crippen LogP contribution is -2.51. The summed E-state index contributed by atoms with van der Waals surface area (Å²) in [5, 5.41) is 20.5. The molecule has 1 N–H and O–H groups in total. The summed E-state index contributed by atoms with van der Waals surface area (Å²) in [6.07, 6.45) is 2.79. The van der Waals surface area contributed by atoms with E-state index in [4.69, 9.17) is 14.2 Å². The lowest BCUT2D eigenvalue weighted by molar-refractivity contribution is -0.146. The van der Waals surface area contributed by atoms with Crippen LogP contribution in [0, 0.1) is 5.92 Å². The van der Waals surface area contributed by atoms with Crippen molar-refractivity contribution in [3.05, 3.63) is 126 Å². The van der Waals surface area contributed by atoms with Crippen LogP contribution in [0.5, 0.6) is 11.5 Å². The third kappa shape index (κ3) is 6.39. The van der Waals surface area contributed by atoms with Crippen LogP contribution >= 0.6 is 0 Å². The second-order valence-corrected chi connectivity index (χ2v) is 20.4. The van der Waals surface area contributed by atoms with Gasteiger partial charge in [0.2, 0.25) is 5.91 Å². The maximum Gasteiger partial charge on any atom is 0.264 e. The summed E-state index contributed by atoms with van der Waals surface area (Å²) >= 11 is 0. The maximum atomic E-state index is 15.3. The predicted octanol–water partition coefficient (Wildman–Crippen LogP) is 6.01. The molecule has 11 nitrogen and oxygen atoms in total. The van der Waals surface area contributed by atoms with E-state index in [1.54, 1.807) is 19.1 Å². The third-order valence-corrected chi connectivity index (χ3v) is 16.8. The van der Waals surface area contributed by atoms with E-state index in [1.165, 1.54) is 5.19 Å². The number of rotatable bonds is 13. The first-order valence-corrected chi connectivity index (χ1v) is 22.4. The van der Waals surface area contributed by atoms with Gasteiger partial charge < -0.3 is 29.1 Å². The number of carbonyl (C=O) groups is 2. The van der Waals surface area contributed by atoms with Crippen molar-refractivity contribution in [3.63, 3.8) is 0 Å². The third-order valence-electron chi connectivity index (χ3n) is 12.4. The van der Waals surface area contributed by atoms with E-state index < -0.39 is 13.7 Å². The number of aliphatic hydroxyl groups excluding tert-OH is 1. The molecular weight excluding hydrogens is 723 g/mol. The summed E-state index contributed by atoms with van der Waals surface area (Å²) in [7, 11) is 0.930. The Balaban J connectivity index is 1.14. The minimum absolute atomic E-state index is 0.0321. The molecule has 4 heterocycles. The van der Waals surface area contributed by atoms with Gasteiger partial charge in [0.25, 0.3) is 5.91 Å². The molecule has 5 atom stereocenters. The molecule has 290 valence electrons. The topological polar surface area (TPSA) is 119 Å². The number of carbonyl (C=O) groups excluding carboxylic acids is 2. The number of nitrogens with zero attached hydrogens (tertiary/aromatic N) is 5. The van der Waals surface area contributed by atoms with Crippen molar-refractivity contribution >= 4 is 36.4 Å². The minimum Gasteiger partial charge on any atom is -0.497 e. The average molecular weight is 772 g/mol. The number of hydrogen-bond donors (Lipinski definition) is 1. The van der Waals surface area contributed by atoms with Crippen LogP contribution in [0.3, 0.4) is 0 Å². The maximum absolute atomic E-state index is 15.3. The zero-order valence-electron chi connectivity index (χ0n) is 32.6. The number of fused-ring (bicyclic) bond motifs is 2. The molecule has 0 radical (unpaired) electrons. The Morgan fingerprint density at radius 3 is 2.30 bits per heavy atom. The Bertz CT molecular complexity index is 2210. The van der Waals surface area contributed by atoms with Crippen LogP contribution in [0.1, 0.15) is 48.1 Å². The summed E-state index contributed by atoms with van der Waals surface area (Å²) in [5.41, 5.74) is 3.92. The fourth-order valence-electron chi connectivity index (χ4n) is 9.30. The number of aryl methyl sites for hydroxylation is 1. The van der Waals surface area contributed by atoms with Crippen LogP contribution in [-0.2, 0) is 33.0 Å². The zero-order valence-corrected chi connectivity index (χ0v) is 33.6. The van der Waals surface area contributed by atoms with Gasteiger partial charge in [-0.1, -0.05) is 85.0 Å². The number of β-lactam (4-membered cyclic amide) rings is 1. The van der Waals surface area contributed by atoms with E-state index in [1.807, 2.05) is 101 Å². The van der Waals surface area contributed by atoms with Crippen molar-refractivity contribution in [2.24, 2.45) is 5.92 Å². The van der Waals surface area contributed by atoms with Crippen molar-refractivity contribution in [2.45, 2.75) is 69.1 Å². The first kappa shape index (κ1) is 37.6. The van der Waals surface area contributed by atoms with Gasteiger partial charge in [0, 0.05) is 42.9 Å². The molecule has 0 saturated carbocycles. The summed E-state index contributed by atoms with van der Waals surface area (Å²) in [4.78, 5) is 31.0. The highest BCUT2D eigenvalue weighted by atomic mass is 28.3. The monoisotopic (exact) mass is 771 g/mol. The molecule has 2 fully saturated rings. The van der Waals surface area contributed by atoms with Crippen LogP contribution in [0.15, 0.2) is 103 Å². The Hall–Kier alpha value is -5.30. The first-order valence-electron chi connectivity index (χ1n) is 19.4. The van der Waals surface area contributed by atoms with E-state index in [9.17, 15) is 9.90 Å². The second-order valence-electron chi connectivity index (χ2n) is 15.7. The highest BCUT2D eigenvalue weighted by molar-refractivity contribution is 6.91. The van der Waals surface area contributed by atoms with Crippen LogP contribution in [0.4, 0.5) is 11.4 Å². The van der Waals surface area contributed by atoms with E-state index in [0.717, 1.165) is 40.4 Å². The molecule has 2 amide bonds. The molecule has 3 aliphatic rings. The van der Waals surface area contributed by atoms with Crippen molar-refractivity contribution in [2.75, 3.05) is 37.2 Å². The number of anilines is 2. The van der Waals surface area contributed by atoms with Crippen molar-refractivity contribution < 1.29 is 28.9 Å². The number of ether oxygens (including phenoxy) is 3. The largest absolute Gasteiger partial charge is 0.497 e. The van der Waals surface area contributed by atoms with Crippen molar-refractivity contribution in [1.82, 2.24) is 15.0 Å². The standard InChI is InChI=1S/C44H49N5O6Si/c1-29-42(56(4,5)35-18-15-33(53-2)16-19-35)40(21-23-47-27-38(45-46-47)36(28-50)31-9-7-6-8-10-31)55-44(29)37-25-34(54-3)17-20-39(37)49(43(44)52)26-30-11-13-32(14-12-30)48-24-22-41(48)51/h6-20,25,27,29,36,40,42,50H,21-24,26,28H2,1-5H3/t29-,36?,40+,42-,44+/m1/s1. The van der Waals surface area contributed by atoms with Gasteiger partial charge in [-0.25, -0.2) is 0 Å². The molecule has 12 heteroatoms. The zero-order chi connectivity index (χ0) is 39.2. The van der Waals surface area contributed by atoms with Gasteiger partial charge >= 0.3 is 0 Å². The summed E-state index contributed by atoms with van der Waals surface area (Å²) in [5.74, 6) is 1.03. The molecule has 1 aromatic heterocycles. The number of amides is 2. The van der Waals surface area contributed by atoms with Gasteiger partial charge in [0.1, 0.15) is 11.5 Å². The average Bonchev–Trinajstić information content (AvgIpc) is 3.87. The Morgan fingerprint density at radius 1 is 0.946 bits per heavy atom. The van der Waals surface area contributed by atoms with Crippen LogP contribution in [-0.4, -0.2) is 73.5 Å². The quantitative estimate of drug-likeness (QED) is 0.114. The van der Waals surface area contributed by atoms with Crippen LogP contribution in [0.2, 0.25) is 18.6 Å². The van der Waals surface area contributed by atoms with Gasteiger partial charge in [-0.05, 0) is 65.6 Å². The number of aromatic nitrogens is 3. The number of benzene rings is 4. The Morgan fingerprint density at radius 2 is 1.66 bits per heavy atom. The molecule has 4 aromatic carbocycles. The van der Waals surface area contributed by atoms with Crippen molar-refractivity contribution in [1.29, 1.82) is 0 Å². The highest BCUT2D eigenvalue weighted by Gasteiger charge is 2.66. The van der Waals surface area contributed by atoms with E-state index in [0.29, 0.717) is 37.4 Å². The molecular formula is C44H49N5O6Si. The van der Waals surface area contributed by atoms with Crippen molar-refractivity contribution in [3.8, 4) is 11.5 Å². The summed E-state index contributed by atoms with van der Waals surface area (Å²) in [6.45, 7) is 8.45. The van der Waals surface area contributed by atoms with Gasteiger partial charge in [-0.2, -0.15) is 0 Å². The fraction of sp³-hybridized carbons (Fsp3) is 0.364. The SMILES string of the molecule is COc1ccc([Si](C)(C)[C@H]2[C@H](CCn3cc(C(CO)c4ccccc4)nn3)O[C@@]3(C(=O)N(Cc4ccc(N5CCC5=O)cc4)c4ccc(OC)cc43)[C@@H]2C)cc1. The van der Waals surface area contributed by atoms with Crippen LogP contribution in [0.25, 0.3) is 0 Å². The highest BCUT2D eigenvalue weighted by Crippen LogP contribution is 2.60. The molecule has 1 spiro atoms. The van der Waals surface area contributed by atoms with Crippen LogP contribution < -0.4 is 24.5 Å². The molecule has 56 heavy (non-hydrogen) atoms. The molecule has 8 rings (SSSR count). The number of aliphatic hydroxyl groups is 1.